The number of rotatable bonds is 6. The number of halogens is 2. The van der Waals surface area contributed by atoms with E-state index in [0.29, 0.717) is 36.7 Å². The van der Waals surface area contributed by atoms with Crippen molar-refractivity contribution in [3.05, 3.63) is 30.0 Å². The van der Waals surface area contributed by atoms with E-state index >= 15 is 0 Å². The second-order valence-electron chi connectivity index (χ2n) is 13.2. The molecule has 0 bridgehead atoms. The maximum atomic E-state index is 14.0. The minimum absolute atomic E-state index is 0. The SMILES string of the molecule is CC1(C)OC(=O)c2cc3cc(NC(=O)[C@@H]4[C@H](C5CCCCC5)CCN4C(=O)C4CCC([C@H](N)CF)CC4)ccc3n21.Cl. The van der Waals surface area contributed by atoms with E-state index in [1.54, 1.807) is 0 Å². The molecule has 1 saturated heterocycles. The molecule has 1 aromatic heterocycles. The Morgan fingerprint density at radius 1 is 1.07 bits per heavy atom. The lowest BCUT2D eigenvalue weighted by Crippen LogP contribution is -2.50. The van der Waals surface area contributed by atoms with Crippen LogP contribution in [0, 0.1) is 23.7 Å². The number of fused-ring (bicyclic) bond motifs is 3. The van der Waals surface area contributed by atoms with Crippen molar-refractivity contribution < 1.29 is 23.5 Å². The van der Waals surface area contributed by atoms with Crippen LogP contribution in [0.15, 0.2) is 24.3 Å². The van der Waals surface area contributed by atoms with Crippen LogP contribution < -0.4 is 11.1 Å². The number of hydrogen-bond donors (Lipinski definition) is 2. The van der Waals surface area contributed by atoms with Crippen LogP contribution in [0.2, 0.25) is 0 Å². The van der Waals surface area contributed by atoms with E-state index in [9.17, 15) is 18.8 Å². The molecule has 42 heavy (non-hydrogen) atoms. The second kappa shape index (κ2) is 12.2. The average Bonchev–Trinajstić information content (AvgIpc) is 3.65. The van der Waals surface area contributed by atoms with Crippen LogP contribution in [0.1, 0.15) is 88.5 Å². The number of nitrogens with one attached hydrogen (secondary N) is 1. The van der Waals surface area contributed by atoms with Crippen molar-refractivity contribution in [3.63, 3.8) is 0 Å². The second-order valence-corrected chi connectivity index (χ2v) is 13.2. The summed E-state index contributed by atoms with van der Waals surface area (Å²) in [5.74, 6) is 0.152. The first kappa shape index (κ1) is 30.8. The molecule has 230 valence electrons. The molecule has 0 unspecified atom stereocenters. The van der Waals surface area contributed by atoms with E-state index in [1.165, 1.54) is 19.3 Å². The zero-order valence-corrected chi connectivity index (χ0v) is 25.5. The first-order valence-corrected chi connectivity index (χ1v) is 15.5. The van der Waals surface area contributed by atoms with Gasteiger partial charge in [0.2, 0.25) is 11.8 Å². The smallest absolute Gasteiger partial charge is 0.357 e. The van der Waals surface area contributed by atoms with Crippen LogP contribution in [-0.2, 0) is 20.1 Å². The molecule has 4 aliphatic rings. The lowest BCUT2D eigenvalue weighted by Gasteiger charge is -2.36. The number of ether oxygens (including phenoxy) is 1. The number of carbonyl (C=O) groups excluding carboxylic acids is 3. The zero-order chi connectivity index (χ0) is 28.9. The highest BCUT2D eigenvalue weighted by molar-refractivity contribution is 6.02. The van der Waals surface area contributed by atoms with E-state index < -0.39 is 24.5 Å². The molecule has 3 fully saturated rings. The molecule has 2 saturated carbocycles. The summed E-state index contributed by atoms with van der Waals surface area (Å²) >= 11 is 0. The summed E-state index contributed by atoms with van der Waals surface area (Å²) in [6, 6.07) is 6.52. The largest absolute Gasteiger partial charge is 0.434 e. The summed E-state index contributed by atoms with van der Waals surface area (Å²) in [5.41, 5.74) is 7.21. The van der Waals surface area contributed by atoms with Crippen molar-refractivity contribution in [2.75, 3.05) is 18.5 Å². The highest BCUT2D eigenvalue weighted by atomic mass is 35.5. The van der Waals surface area contributed by atoms with Crippen LogP contribution in [-0.4, -0.2) is 52.6 Å². The lowest BCUT2D eigenvalue weighted by atomic mass is 9.76. The summed E-state index contributed by atoms with van der Waals surface area (Å²) in [6.07, 6.45) is 9.56. The quantitative estimate of drug-likeness (QED) is 0.409. The average molecular weight is 603 g/mol. The molecule has 1 aromatic carbocycles. The third-order valence-corrected chi connectivity index (χ3v) is 10.3. The van der Waals surface area contributed by atoms with Crippen LogP contribution in [0.3, 0.4) is 0 Å². The summed E-state index contributed by atoms with van der Waals surface area (Å²) in [7, 11) is 0. The number of alkyl halides is 1. The van der Waals surface area contributed by atoms with Crippen molar-refractivity contribution >= 4 is 46.8 Å². The first-order valence-electron chi connectivity index (χ1n) is 15.5. The Hall–Kier alpha value is -2.65. The van der Waals surface area contributed by atoms with Crippen molar-refractivity contribution in [3.8, 4) is 0 Å². The fourth-order valence-corrected chi connectivity index (χ4v) is 8.17. The Labute approximate surface area is 253 Å². The molecule has 0 spiro atoms. The maximum absolute atomic E-state index is 14.0. The number of likely N-dealkylation sites (tertiary alicyclic amines) is 1. The Morgan fingerprint density at radius 3 is 2.48 bits per heavy atom. The number of anilines is 1. The summed E-state index contributed by atoms with van der Waals surface area (Å²) in [4.78, 5) is 42.2. The van der Waals surface area contributed by atoms with E-state index in [-0.39, 0.29) is 47.9 Å². The molecule has 2 aliphatic carbocycles. The molecule has 3 atom stereocenters. The first-order chi connectivity index (χ1) is 19.7. The lowest BCUT2D eigenvalue weighted by molar-refractivity contribution is -0.142. The van der Waals surface area contributed by atoms with Crippen LogP contribution >= 0.6 is 12.4 Å². The third-order valence-electron chi connectivity index (χ3n) is 10.3. The Morgan fingerprint density at radius 2 is 1.79 bits per heavy atom. The summed E-state index contributed by atoms with van der Waals surface area (Å²) in [5, 5.41) is 4.00. The topological polar surface area (TPSA) is 107 Å². The van der Waals surface area contributed by atoms with E-state index in [1.807, 2.05) is 47.6 Å². The van der Waals surface area contributed by atoms with Gasteiger partial charge in [0, 0.05) is 29.6 Å². The van der Waals surface area contributed by atoms with Gasteiger partial charge in [0.15, 0.2) is 5.72 Å². The van der Waals surface area contributed by atoms with Gasteiger partial charge < -0.3 is 20.7 Å². The van der Waals surface area contributed by atoms with Gasteiger partial charge in [-0.25, -0.2) is 9.18 Å². The van der Waals surface area contributed by atoms with Gasteiger partial charge in [-0.3, -0.25) is 14.2 Å². The summed E-state index contributed by atoms with van der Waals surface area (Å²) < 4.78 is 20.5. The van der Waals surface area contributed by atoms with E-state index in [2.05, 4.69) is 5.32 Å². The molecule has 2 aliphatic heterocycles. The number of esters is 1. The van der Waals surface area contributed by atoms with E-state index in [4.69, 9.17) is 10.5 Å². The molecule has 3 heterocycles. The van der Waals surface area contributed by atoms with Crippen LogP contribution in [0.5, 0.6) is 0 Å². The number of hydrogen-bond acceptors (Lipinski definition) is 5. The monoisotopic (exact) mass is 602 g/mol. The van der Waals surface area contributed by atoms with Gasteiger partial charge in [-0.2, -0.15) is 0 Å². The highest BCUT2D eigenvalue weighted by Gasteiger charge is 2.47. The maximum Gasteiger partial charge on any atom is 0.357 e. The molecule has 10 heteroatoms. The van der Waals surface area contributed by atoms with Crippen molar-refractivity contribution in [2.45, 2.75) is 95.9 Å². The third kappa shape index (κ3) is 5.54. The molecule has 2 aromatic rings. The molecule has 0 radical (unpaired) electrons. The number of carbonyl (C=O) groups is 3. The Balaban J connectivity index is 0.00000353. The zero-order valence-electron chi connectivity index (χ0n) is 24.6. The normalized spacial score (nSPS) is 28.2. The molecular weight excluding hydrogens is 559 g/mol. The molecule has 2 amide bonds. The fraction of sp³-hybridized carbons (Fsp3) is 0.656. The van der Waals surface area contributed by atoms with Gasteiger partial charge in [0.05, 0.1) is 5.52 Å². The minimum atomic E-state index is -0.771. The molecule has 3 N–H and O–H groups in total. The molecular formula is C32H44ClFN4O4. The van der Waals surface area contributed by atoms with Crippen LogP contribution in [0.4, 0.5) is 10.1 Å². The fourth-order valence-electron chi connectivity index (χ4n) is 8.17. The highest BCUT2D eigenvalue weighted by Crippen LogP contribution is 2.42. The standard InChI is InChI=1S/C32H43FN4O4.ClH/c1-32(2)37-26-13-12-23(16-22(26)17-27(37)31(40)41-32)35-29(38)28-24(19-6-4-3-5-7-19)14-15-36(28)30(39)21-10-8-20(9-11-21)25(34)18-33;/h12-13,16-17,19-21,24-25,28H,3-11,14-15,18,34H2,1-2H3,(H,35,38);1H/t20?,21?,24-,25+,28-;/m0./s1. The summed E-state index contributed by atoms with van der Waals surface area (Å²) in [6.45, 7) is 3.79. The number of nitrogens with zero attached hydrogens (tertiary/aromatic N) is 2. The van der Waals surface area contributed by atoms with Crippen molar-refractivity contribution in [1.29, 1.82) is 0 Å². The van der Waals surface area contributed by atoms with E-state index in [0.717, 1.165) is 43.0 Å². The van der Waals surface area contributed by atoms with Gasteiger partial charge >= 0.3 is 5.97 Å². The van der Waals surface area contributed by atoms with Crippen LogP contribution in [0.25, 0.3) is 10.9 Å². The minimum Gasteiger partial charge on any atom is -0.434 e. The Kier molecular flexibility index (Phi) is 8.91. The Bertz CT molecular complexity index is 1330. The van der Waals surface area contributed by atoms with Gasteiger partial charge in [0.1, 0.15) is 18.4 Å². The van der Waals surface area contributed by atoms with Crippen molar-refractivity contribution in [2.24, 2.45) is 29.4 Å². The van der Waals surface area contributed by atoms with Gasteiger partial charge in [-0.15, -0.1) is 12.4 Å². The predicted molar refractivity (Wildman–Crippen MR) is 162 cm³/mol. The van der Waals surface area contributed by atoms with Gasteiger partial charge in [-0.1, -0.05) is 32.1 Å². The van der Waals surface area contributed by atoms with Gasteiger partial charge in [-0.05, 0) is 88.0 Å². The van der Waals surface area contributed by atoms with Crippen molar-refractivity contribution in [1.82, 2.24) is 9.47 Å². The molecule has 8 nitrogen and oxygen atoms in total. The number of nitrogens with two attached hydrogens (primary N) is 1. The predicted octanol–water partition coefficient (Wildman–Crippen LogP) is 5.77. The number of cyclic esters (lactones) is 1. The van der Waals surface area contributed by atoms with Gasteiger partial charge in [0.25, 0.3) is 0 Å². The number of benzene rings is 1. The molecule has 6 rings (SSSR count). The number of amides is 2. The number of aromatic nitrogens is 1.